The fourth-order valence-corrected chi connectivity index (χ4v) is 1.26. The van der Waals surface area contributed by atoms with Gasteiger partial charge in [-0.05, 0) is 30.2 Å². The van der Waals surface area contributed by atoms with E-state index >= 15 is 0 Å². The molecule has 0 N–H and O–H groups in total. The molecule has 0 saturated carbocycles. The van der Waals surface area contributed by atoms with Crippen LogP contribution >= 0.6 is 0 Å². The van der Waals surface area contributed by atoms with Gasteiger partial charge in [0, 0.05) is 18.0 Å². The third-order valence-corrected chi connectivity index (χ3v) is 2.01. The minimum atomic E-state index is 0.878. The number of hydrogen-bond donors (Lipinski definition) is 0. The number of nitrogens with zero attached hydrogens (tertiary/aromatic N) is 1. The van der Waals surface area contributed by atoms with Crippen LogP contribution in [0.4, 0.5) is 0 Å². The van der Waals surface area contributed by atoms with Crippen LogP contribution in [-0.4, -0.2) is 4.98 Å². The number of rotatable bonds is 2. The molecular formula is C11H11NO. The lowest BCUT2D eigenvalue weighted by Gasteiger charge is -1.98. The molecule has 0 radical (unpaired) electrons. The maximum absolute atomic E-state index is 5.28. The predicted octanol–water partition coefficient (Wildman–Crippen LogP) is 2.90. The number of aromatic nitrogens is 1. The van der Waals surface area contributed by atoms with E-state index < -0.39 is 0 Å². The highest BCUT2D eigenvalue weighted by Crippen LogP contribution is 2.19. The van der Waals surface area contributed by atoms with E-state index in [1.165, 1.54) is 5.56 Å². The van der Waals surface area contributed by atoms with Gasteiger partial charge in [0.25, 0.3) is 0 Å². The van der Waals surface area contributed by atoms with Crippen molar-refractivity contribution in [2.75, 3.05) is 0 Å². The van der Waals surface area contributed by atoms with Crippen molar-refractivity contribution in [2.45, 2.75) is 13.3 Å². The van der Waals surface area contributed by atoms with Gasteiger partial charge in [0.2, 0.25) is 0 Å². The zero-order valence-corrected chi connectivity index (χ0v) is 7.53. The number of furan rings is 1. The van der Waals surface area contributed by atoms with E-state index in [1.807, 2.05) is 24.5 Å². The molecule has 0 spiro atoms. The van der Waals surface area contributed by atoms with E-state index in [-0.39, 0.29) is 0 Å². The van der Waals surface area contributed by atoms with Crippen LogP contribution in [0.25, 0.3) is 11.3 Å². The van der Waals surface area contributed by atoms with Crippen molar-refractivity contribution in [1.29, 1.82) is 0 Å². The summed E-state index contributed by atoms with van der Waals surface area (Å²) in [6.07, 6.45) is 6.37. The van der Waals surface area contributed by atoms with Gasteiger partial charge in [-0.15, -0.1) is 0 Å². The molecule has 0 saturated heterocycles. The summed E-state index contributed by atoms with van der Waals surface area (Å²) in [7, 11) is 0. The minimum Gasteiger partial charge on any atom is -0.464 e. The molecular weight excluding hydrogens is 162 g/mol. The van der Waals surface area contributed by atoms with Gasteiger partial charge in [-0.1, -0.05) is 6.92 Å². The van der Waals surface area contributed by atoms with Crippen LogP contribution in [0.3, 0.4) is 0 Å². The SMILES string of the molecule is CCc1cncc(-c2ccco2)c1. The Bertz CT molecular complexity index is 379. The summed E-state index contributed by atoms with van der Waals surface area (Å²) >= 11 is 0. The second kappa shape index (κ2) is 3.44. The highest BCUT2D eigenvalue weighted by Gasteiger charge is 2.00. The van der Waals surface area contributed by atoms with Gasteiger partial charge >= 0.3 is 0 Å². The number of aryl methyl sites for hydroxylation is 1. The predicted molar refractivity (Wildman–Crippen MR) is 51.3 cm³/mol. The molecule has 0 aromatic carbocycles. The molecule has 0 unspecified atom stereocenters. The van der Waals surface area contributed by atoms with E-state index in [9.17, 15) is 0 Å². The van der Waals surface area contributed by atoms with Crippen molar-refractivity contribution in [3.05, 3.63) is 42.4 Å². The summed E-state index contributed by atoms with van der Waals surface area (Å²) in [5.74, 6) is 0.878. The van der Waals surface area contributed by atoms with Crippen molar-refractivity contribution >= 4 is 0 Å². The van der Waals surface area contributed by atoms with Crippen molar-refractivity contribution < 1.29 is 4.42 Å². The third kappa shape index (κ3) is 1.61. The first-order valence-corrected chi connectivity index (χ1v) is 4.38. The Hall–Kier alpha value is -1.57. The standard InChI is InChI=1S/C11H11NO/c1-2-9-6-10(8-12-7-9)11-4-3-5-13-11/h3-8H,2H2,1H3. The zero-order chi connectivity index (χ0) is 9.10. The summed E-state index contributed by atoms with van der Waals surface area (Å²) in [5.41, 5.74) is 2.28. The average Bonchev–Trinajstić information content (AvgIpc) is 2.71. The monoisotopic (exact) mass is 173 g/mol. The lowest BCUT2D eigenvalue weighted by molar-refractivity contribution is 0.582. The molecule has 0 fully saturated rings. The quantitative estimate of drug-likeness (QED) is 0.697. The first kappa shape index (κ1) is 8.05. The molecule has 66 valence electrons. The molecule has 2 aromatic rings. The van der Waals surface area contributed by atoms with Crippen LogP contribution in [0.2, 0.25) is 0 Å². The van der Waals surface area contributed by atoms with Gasteiger partial charge in [-0.2, -0.15) is 0 Å². The van der Waals surface area contributed by atoms with Gasteiger partial charge in [0.1, 0.15) is 5.76 Å². The Kier molecular flexibility index (Phi) is 2.13. The molecule has 0 bridgehead atoms. The summed E-state index contributed by atoms with van der Waals surface area (Å²) in [6, 6.07) is 5.93. The van der Waals surface area contributed by atoms with E-state index in [0.717, 1.165) is 17.7 Å². The first-order valence-electron chi connectivity index (χ1n) is 4.38. The van der Waals surface area contributed by atoms with Gasteiger partial charge in [-0.3, -0.25) is 4.98 Å². The Morgan fingerprint density at radius 3 is 3.00 bits per heavy atom. The highest BCUT2D eigenvalue weighted by molar-refractivity contribution is 5.56. The molecule has 2 aromatic heterocycles. The molecule has 0 amide bonds. The molecule has 0 aliphatic carbocycles. The molecule has 2 nitrogen and oxygen atoms in total. The fraction of sp³-hybridized carbons (Fsp3) is 0.182. The minimum absolute atomic E-state index is 0.878. The molecule has 13 heavy (non-hydrogen) atoms. The first-order chi connectivity index (χ1) is 6.40. The van der Waals surface area contributed by atoms with Gasteiger partial charge in [-0.25, -0.2) is 0 Å². The Balaban J connectivity index is 2.41. The topological polar surface area (TPSA) is 26.0 Å². The van der Waals surface area contributed by atoms with Crippen molar-refractivity contribution in [1.82, 2.24) is 4.98 Å². The van der Waals surface area contributed by atoms with Crippen LogP contribution in [0.5, 0.6) is 0 Å². The van der Waals surface area contributed by atoms with Crippen LogP contribution in [0.15, 0.2) is 41.3 Å². The van der Waals surface area contributed by atoms with Crippen LogP contribution < -0.4 is 0 Å². The molecule has 2 heteroatoms. The highest BCUT2D eigenvalue weighted by atomic mass is 16.3. The Morgan fingerprint density at radius 1 is 1.38 bits per heavy atom. The number of hydrogen-bond acceptors (Lipinski definition) is 2. The molecule has 2 heterocycles. The number of pyridine rings is 1. The Labute approximate surface area is 77.2 Å². The van der Waals surface area contributed by atoms with Crippen LogP contribution in [0.1, 0.15) is 12.5 Å². The Morgan fingerprint density at radius 2 is 2.31 bits per heavy atom. The van der Waals surface area contributed by atoms with Gasteiger partial charge in [0.15, 0.2) is 0 Å². The van der Waals surface area contributed by atoms with Crippen molar-refractivity contribution in [3.8, 4) is 11.3 Å². The van der Waals surface area contributed by atoms with Crippen LogP contribution in [-0.2, 0) is 6.42 Å². The third-order valence-electron chi connectivity index (χ3n) is 2.01. The largest absolute Gasteiger partial charge is 0.464 e. The zero-order valence-electron chi connectivity index (χ0n) is 7.53. The summed E-state index contributed by atoms with van der Waals surface area (Å²) in [5, 5.41) is 0. The van der Waals surface area contributed by atoms with Gasteiger partial charge < -0.3 is 4.42 Å². The lowest BCUT2D eigenvalue weighted by Crippen LogP contribution is -1.83. The second-order valence-corrected chi connectivity index (χ2v) is 2.91. The lowest BCUT2D eigenvalue weighted by atomic mass is 10.1. The van der Waals surface area contributed by atoms with E-state index in [0.29, 0.717) is 0 Å². The molecule has 2 rings (SSSR count). The smallest absolute Gasteiger partial charge is 0.135 e. The molecule has 0 atom stereocenters. The second-order valence-electron chi connectivity index (χ2n) is 2.91. The summed E-state index contributed by atoms with van der Waals surface area (Å²) in [4.78, 5) is 4.15. The van der Waals surface area contributed by atoms with Gasteiger partial charge in [0.05, 0.1) is 6.26 Å². The van der Waals surface area contributed by atoms with E-state index in [2.05, 4.69) is 18.0 Å². The molecule has 0 aliphatic rings. The van der Waals surface area contributed by atoms with Crippen LogP contribution in [0, 0.1) is 0 Å². The fourth-order valence-electron chi connectivity index (χ4n) is 1.26. The summed E-state index contributed by atoms with van der Waals surface area (Å²) in [6.45, 7) is 2.11. The summed E-state index contributed by atoms with van der Waals surface area (Å²) < 4.78 is 5.28. The van der Waals surface area contributed by atoms with E-state index in [4.69, 9.17) is 4.42 Å². The normalized spacial score (nSPS) is 10.2. The maximum Gasteiger partial charge on any atom is 0.135 e. The molecule has 0 aliphatic heterocycles. The van der Waals surface area contributed by atoms with Crippen molar-refractivity contribution in [3.63, 3.8) is 0 Å². The average molecular weight is 173 g/mol. The van der Waals surface area contributed by atoms with E-state index in [1.54, 1.807) is 6.26 Å². The van der Waals surface area contributed by atoms with Crippen molar-refractivity contribution in [2.24, 2.45) is 0 Å². The maximum atomic E-state index is 5.28.